The molecule has 0 aliphatic rings. The van der Waals surface area contributed by atoms with E-state index >= 15 is 0 Å². The first-order chi connectivity index (χ1) is 30.6. The molecule has 4 unspecified atom stereocenters. The largest absolute Gasteiger partial charge is 0.468 e. The van der Waals surface area contributed by atoms with Gasteiger partial charge in [-0.15, -0.1) is 47.0 Å². The fourth-order valence-electron chi connectivity index (χ4n) is 3.91. The quantitative estimate of drug-likeness (QED) is 0.0440. The molecule has 65 heavy (non-hydrogen) atoms. The van der Waals surface area contributed by atoms with Gasteiger partial charge in [0.25, 0.3) is 0 Å². The van der Waals surface area contributed by atoms with Crippen molar-refractivity contribution in [3.8, 4) is 0 Å². The van der Waals surface area contributed by atoms with E-state index in [9.17, 15) is 38.4 Å². The van der Waals surface area contributed by atoms with Gasteiger partial charge >= 0.3 is 47.8 Å². The summed E-state index contributed by atoms with van der Waals surface area (Å²) in [5.74, 6) is -3.88. The molecule has 0 aromatic rings. The SMILES string of the molecule is COC(=O)C(C)SC(=S)SCCC(=O)OCC(COC(=O)CCSC(=S)SC(C)C(=O)OC)(COC(=O)CCSC(=S)SC(C)C(=O)OC)COC(=O)CCSC(=S)SC(C)C(=O)OC. The van der Waals surface area contributed by atoms with E-state index in [0.29, 0.717) is 14.1 Å². The predicted molar refractivity (Wildman–Crippen MR) is 281 cm³/mol. The van der Waals surface area contributed by atoms with Gasteiger partial charge in [0.05, 0.1) is 54.1 Å². The van der Waals surface area contributed by atoms with Gasteiger partial charge in [0, 0.05) is 23.0 Å². The molecule has 0 aromatic carbocycles. The maximum atomic E-state index is 13.1. The lowest BCUT2D eigenvalue weighted by Crippen LogP contribution is -2.44. The minimum atomic E-state index is -1.60. The van der Waals surface area contributed by atoms with Crippen molar-refractivity contribution in [1.82, 2.24) is 0 Å². The van der Waals surface area contributed by atoms with E-state index in [4.69, 9.17) is 86.8 Å². The molecule has 0 aliphatic carbocycles. The van der Waals surface area contributed by atoms with Gasteiger partial charge in [-0.25, -0.2) is 0 Å². The Labute approximate surface area is 434 Å². The average molecular weight is 1140 g/mol. The second kappa shape index (κ2) is 36.8. The number of hydrogen-bond donors (Lipinski definition) is 0. The molecule has 16 nitrogen and oxygen atoms in total. The van der Waals surface area contributed by atoms with E-state index in [1.165, 1.54) is 28.4 Å². The molecule has 0 N–H and O–H groups in total. The van der Waals surface area contributed by atoms with Gasteiger partial charge in [0.2, 0.25) is 0 Å². The third-order valence-corrected chi connectivity index (χ3v) is 18.2. The summed E-state index contributed by atoms with van der Waals surface area (Å²) in [4.78, 5) is 99.4. The summed E-state index contributed by atoms with van der Waals surface area (Å²) in [5, 5.41) is -2.23. The number of carbonyl (C=O) groups excluding carboxylic acids is 8. The van der Waals surface area contributed by atoms with Crippen molar-refractivity contribution >= 4 is 205 Å². The maximum Gasteiger partial charge on any atom is 0.318 e. The molecule has 0 spiro atoms. The average Bonchev–Trinajstić information content (AvgIpc) is 3.26. The van der Waals surface area contributed by atoms with Crippen LogP contribution in [0.15, 0.2) is 0 Å². The van der Waals surface area contributed by atoms with E-state index in [1.54, 1.807) is 27.7 Å². The zero-order valence-corrected chi connectivity index (χ0v) is 46.5. The van der Waals surface area contributed by atoms with E-state index in [-0.39, 0.29) is 48.7 Å². The molecule has 0 rings (SSSR count). The Hall–Kier alpha value is -1.08. The minimum absolute atomic E-state index is 0.134. The summed E-state index contributed by atoms with van der Waals surface area (Å²) < 4.78 is 43.0. The van der Waals surface area contributed by atoms with Crippen molar-refractivity contribution in [3.05, 3.63) is 0 Å². The summed E-state index contributed by atoms with van der Waals surface area (Å²) >= 11 is 30.3. The number of carbonyl (C=O) groups is 8. The summed E-state index contributed by atoms with van der Waals surface area (Å²) in [7, 11) is 5.05. The topological polar surface area (TPSA) is 210 Å². The van der Waals surface area contributed by atoms with Gasteiger partial charge in [0.15, 0.2) is 0 Å². The third kappa shape index (κ3) is 30.9. The maximum absolute atomic E-state index is 13.1. The van der Waals surface area contributed by atoms with Crippen LogP contribution in [0.25, 0.3) is 0 Å². The van der Waals surface area contributed by atoms with Crippen molar-refractivity contribution in [2.75, 3.05) is 77.9 Å². The summed E-state index contributed by atoms with van der Waals surface area (Å²) in [5.41, 5.74) is -1.60. The Morgan fingerprint density at radius 3 is 0.738 bits per heavy atom. The van der Waals surface area contributed by atoms with E-state index < -0.39 is 101 Å². The number of rotatable bonds is 28. The lowest BCUT2D eigenvalue weighted by atomic mass is 9.92. The van der Waals surface area contributed by atoms with E-state index in [2.05, 4.69) is 0 Å². The Balaban J connectivity index is 6.12. The molecule has 4 atom stereocenters. The van der Waals surface area contributed by atoms with Gasteiger partial charge in [-0.05, 0) is 27.7 Å². The first kappa shape index (κ1) is 63.9. The number of methoxy groups -OCH3 is 4. The Morgan fingerprint density at radius 1 is 0.385 bits per heavy atom. The molecule has 0 saturated carbocycles. The van der Waals surface area contributed by atoms with Crippen molar-refractivity contribution in [2.45, 2.75) is 74.4 Å². The predicted octanol–water partition coefficient (Wildman–Crippen LogP) is 6.96. The molecule has 0 aliphatic heterocycles. The van der Waals surface area contributed by atoms with Crippen LogP contribution in [0, 0.1) is 5.41 Å². The molecule has 0 heterocycles. The first-order valence-electron chi connectivity index (χ1n) is 18.9. The van der Waals surface area contributed by atoms with Crippen LogP contribution in [0.4, 0.5) is 0 Å². The zero-order valence-electron chi connectivity index (χ0n) is 36.7. The molecule has 0 radical (unpaired) electrons. The number of ether oxygens (including phenoxy) is 8. The third-order valence-electron chi connectivity index (χ3n) is 7.49. The van der Waals surface area contributed by atoms with Crippen LogP contribution >= 0.6 is 143 Å². The molecule has 0 aromatic heterocycles. The first-order valence-corrected chi connectivity index (χ1v) is 28.0. The normalized spacial score (nSPS) is 13.5. The van der Waals surface area contributed by atoms with E-state index in [0.717, 1.165) is 94.1 Å². The van der Waals surface area contributed by atoms with Crippen molar-refractivity contribution < 1.29 is 76.3 Å². The van der Waals surface area contributed by atoms with Gasteiger partial charge in [-0.1, -0.05) is 95.9 Å². The number of thiocarbonyl (C=S) groups is 4. The molecular weight excluding hydrogens is 1090 g/mol. The standard InChI is InChI=1S/C37H52O16S12/c1-21(29(42)46-5)62-33(54)58-13-9-25(38)50-17-37(18-51-26(39)10-14-59-34(55)63-22(2)30(43)47-6,19-52-27(40)11-15-60-35(56)64-23(3)31(44)48-7)20-53-28(41)12-16-61-36(57)65-24(4)32(45)49-8/h21-24H,9-20H2,1-8H3. The van der Waals surface area contributed by atoms with Crippen LogP contribution in [0.1, 0.15) is 53.4 Å². The molecule has 28 heteroatoms. The molecule has 0 fully saturated rings. The van der Waals surface area contributed by atoms with Gasteiger partial charge in [-0.3, -0.25) is 38.4 Å². The van der Waals surface area contributed by atoms with E-state index in [1.807, 2.05) is 0 Å². The lowest BCUT2D eigenvalue weighted by molar-refractivity contribution is -0.170. The van der Waals surface area contributed by atoms with Gasteiger partial charge in [0.1, 0.15) is 67.0 Å². The monoisotopic (exact) mass is 1140 g/mol. The van der Waals surface area contributed by atoms with Crippen LogP contribution in [-0.2, 0) is 76.3 Å². The summed E-state index contributed by atoms with van der Waals surface area (Å²) in [6, 6.07) is 0. The highest BCUT2D eigenvalue weighted by Crippen LogP contribution is 2.28. The fraction of sp³-hybridized carbons (Fsp3) is 0.676. The van der Waals surface area contributed by atoms with Crippen LogP contribution < -0.4 is 0 Å². The highest BCUT2D eigenvalue weighted by molar-refractivity contribution is 8.49. The smallest absolute Gasteiger partial charge is 0.318 e. The van der Waals surface area contributed by atoms with Crippen LogP contribution in [0.3, 0.4) is 0 Å². The van der Waals surface area contributed by atoms with Crippen LogP contribution in [0.2, 0.25) is 0 Å². The minimum Gasteiger partial charge on any atom is -0.468 e. The molecular formula is C37H52O16S12. The molecule has 0 amide bonds. The Morgan fingerprint density at radius 2 is 0.569 bits per heavy atom. The summed E-state index contributed by atoms with van der Waals surface area (Å²) in [6.45, 7) is 4.44. The van der Waals surface area contributed by atoms with Crippen molar-refractivity contribution in [2.24, 2.45) is 5.41 Å². The van der Waals surface area contributed by atoms with Crippen LogP contribution in [0.5, 0.6) is 0 Å². The van der Waals surface area contributed by atoms with Crippen molar-refractivity contribution in [3.63, 3.8) is 0 Å². The number of esters is 8. The van der Waals surface area contributed by atoms with Gasteiger partial charge in [-0.2, -0.15) is 0 Å². The van der Waals surface area contributed by atoms with Crippen LogP contribution in [-0.4, -0.2) is 161 Å². The van der Waals surface area contributed by atoms with Gasteiger partial charge < -0.3 is 37.9 Å². The highest BCUT2D eigenvalue weighted by Gasteiger charge is 2.38. The zero-order chi connectivity index (χ0) is 49.5. The lowest BCUT2D eigenvalue weighted by Gasteiger charge is -2.31. The Bertz CT molecular complexity index is 1430. The second-order valence-electron chi connectivity index (χ2n) is 12.7. The molecule has 0 bridgehead atoms. The number of hydrogen-bond acceptors (Lipinski definition) is 28. The fourth-order valence-corrected chi connectivity index (χ4v) is 14.1. The number of thioether (sulfide) groups is 8. The Kier molecular flexibility index (Phi) is 36.2. The molecule has 0 saturated heterocycles. The molecule has 368 valence electrons. The summed E-state index contributed by atoms with van der Waals surface area (Å²) in [6.07, 6.45) is -0.537. The highest BCUT2D eigenvalue weighted by atomic mass is 32.2. The van der Waals surface area contributed by atoms with Crippen molar-refractivity contribution in [1.29, 1.82) is 0 Å². The second-order valence-corrected chi connectivity index (χ2v) is 27.2.